The Bertz CT molecular complexity index is 657. The van der Waals surface area contributed by atoms with E-state index in [1.54, 1.807) is 12.1 Å². The molecule has 0 amide bonds. The molecule has 0 aromatic heterocycles. The summed E-state index contributed by atoms with van der Waals surface area (Å²) < 4.78 is 12.6. The predicted molar refractivity (Wildman–Crippen MR) is 86.7 cm³/mol. The number of halogens is 1. The van der Waals surface area contributed by atoms with Gasteiger partial charge in [0.05, 0.1) is 8.07 Å². The number of alkyl halides is 1. The molecule has 2 rings (SSSR count). The van der Waals surface area contributed by atoms with Crippen LogP contribution in [0.2, 0.25) is 19.6 Å². The average molecular weight is 282 g/mol. The normalized spacial score (nSPS) is 10.8. The summed E-state index contributed by atoms with van der Waals surface area (Å²) in [5.41, 5.74) is 2.56. The minimum absolute atomic E-state index is 0.444. The third-order valence-corrected chi connectivity index (χ3v) is 5.20. The van der Waals surface area contributed by atoms with E-state index in [0.717, 1.165) is 11.1 Å². The molecular weight excluding hydrogens is 263 g/mol. The first-order valence-electron chi connectivity index (χ1n) is 6.76. The Kier molecular flexibility index (Phi) is 4.41. The summed E-state index contributed by atoms with van der Waals surface area (Å²) in [4.78, 5) is 0. The Morgan fingerprint density at radius 2 is 1.50 bits per heavy atom. The molecule has 0 heterocycles. The van der Waals surface area contributed by atoms with Gasteiger partial charge in [-0.3, -0.25) is 0 Å². The van der Waals surface area contributed by atoms with Crippen molar-refractivity contribution in [1.29, 1.82) is 0 Å². The standard InChI is InChI=1S/C18H19FSi/c1-20(2,3)18-9-5-7-16(13-18)11-10-15-6-4-8-17(12-15)14-19/h4-9,12-13H,14H2,1-3H3. The van der Waals surface area contributed by atoms with Crippen LogP contribution in [0.25, 0.3) is 0 Å². The van der Waals surface area contributed by atoms with Crippen molar-refractivity contribution < 1.29 is 4.39 Å². The second kappa shape index (κ2) is 6.07. The molecule has 0 aliphatic carbocycles. The van der Waals surface area contributed by atoms with Crippen LogP contribution in [-0.2, 0) is 6.67 Å². The van der Waals surface area contributed by atoms with E-state index < -0.39 is 14.7 Å². The second-order valence-corrected chi connectivity index (χ2v) is 11.0. The summed E-state index contributed by atoms with van der Waals surface area (Å²) in [5, 5.41) is 1.40. The SMILES string of the molecule is C[Si](C)(C)c1cccc(C#Cc2cccc(CF)c2)c1. The van der Waals surface area contributed by atoms with Crippen molar-refractivity contribution in [3.8, 4) is 11.8 Å². The van der Waals surface area contributed by atoms with Crippen LogP contribution >= 0.6 is 0 Å². The van der Waals surface area contributed by atoms with Gasteiger partial charge in [0.15, 0.2) is 0 Å². The lowest BCUT2D eigenvalue weighted by Gasteiger charge is -2.16. The molecule has 0 nitrogen and oxygen atoms in total. The zero-order valence-corrected chi connectivity index (χ0v) is 13.2. The third-order valence-electron chi connectivity index (χ3n) is 3.16. The third kappa shape index (κ3) is 3.82. The van der Waals surface area contributed by atoms with Gasteiger partial charge in [0.1, 0.15) is 6.67 Å². The first-order valence-corrected chi connectivity index (χ1v) is 10.3. The molecule has 0 atom stereocenters. The van der Waals surface area contributed by atoms with Crippen molar-refractivity contribution in [3.05, 3.63) is 65.2 Å². The molecule has 0 spiro atoms. The molecule has 0 unspecified atom stereocenters. The van der Waals surface area contributed by atoms with Gasteiger partial charge < -0.3 is 0 Å². The van der Waals surface area contributed by atoms with E-state index >= 15 is 0 Å². The summed E-state index contributed by atoms with van der Waals surface area (Å²) in [7, 11) is -1.31. The number of hydrogen-bond donors (Lipinski definition) is 0. The van der Waals surface area contributed by atoms with Gasteiger partial charge in [-0.1, -0.05) is 60.9 Å². The van der Waals surface area contributed by atoms with Crippen molar-refractivity contribution in [2.45, 2.75) is 26.3 Å². The number of rotatable bonds is 2. The molecular formula is C18H19FSi. The quantitative estimate of drug-likeness (QED) is 0.574. The fourth-order valence-corrected chi connectivity index (χ4v) is 3.12. The van der Waals surface area contributed by atoms with Crippen LogP contribution < -0.4 is 5.19 Å². The maximum Gasteiger partial charge on any atom is 0.115 e. The number of hydrogen-bond acceptors (Lipinski definition) is 0. The molecule has 2 heteroatoms. The molecule has 0 radical (unpaired) electrons. The van der Waals surface area contributed by atoms with Crippen molar-refractivity contribution in [2.75, 3.05) is 0 Å². The zero-order valence-electron chi connectivity index (χ0n) is 12.2. The lowest BCUT2D eigenvalue weighted by atomic mass is 10.1. The van der Waals surface area contributed by atoms with Gasteiger partial charge in [0.25, 0.3) is 0 Å². The van der Waals surface area contributed by atoms with E-state index in [1.807, 2.05) is 18.2 Å². The highest BCUT2D eigenvalue weighted by Crippen LogP contribution is 2.07. The molecule has 0 N–H and O–H groups in total. The van der Waals surface area contributed by atoms with Gasteiger partial charge in [0, 0.05) is 11.1 Å². The molecule has 2 aromatic rings. The Morgan fingerprint density at radius 3 is 2.10 bits per heavy atom. The van der Waals surface area contributed by atoms with Gasteiger partial charge in [-0.25, -0.2) is 4.39 Å². The van der Waals surface area contributed by atoms with Gasteiger partial charge in [-0.05, 0) is 29.8 Å². The smallest absolute Gasteiger partial charge is 0.115 e. The Labute approximate surface area is 121 Å². The molecule has 0 saturated carbocycles. The Hall–Kier alpha value is -1.85. The molecule has 102 valence electrons. The Balaban J connectivity index is 2.29. The molecule has 0 aliphatic heterocycles. The highest BCUT2D eigenvalue weighted by atomic mass is 28.3. The number of benzene rings is 2. The van der Waals surface area contributed by atoms with Gasteiger partial charge in [-0.15, -0.1) is 0 Å². The average Bonchev–Trinajstić information content (AvgIpc) is 2.45. The fraction of sp³-hybridized carbons (Fsp3) is 0.222. The first-order chi connectivity index (χ1) is 9.49. The van der Waals surface area contributed by atoms with Crippen LogP contribution in [0.1, 0.15) is 16.7 Å². The van der Waals surface area contributed by atoms with E-state index in [9.17, 15) is 4.39 Å². The minimum Gasteiger partial charge on any atom is -0.246 e. The van der Waals surface area contributed by atoms with Crippen molar-refractivity contribution in [2.24, 2.45) is 0 Å². The van der Waals surface area contributed by atoms with Crippen molar-refractivity contribution >= 4 is 13.3 Å². The fourth-order valence-electron chi connectivity index (χ4n) is 1.94. The summed E-state index contributed by atoms with van der Waals surface area (Å²) in [5.74, 6) is 6.29. The molecule has 0 aliphatic rings. The predicted octanol–water partition coefficient (Wildman–Crippen LogP) is 4.10. The van der Waals surface area contributed by atoms with Crippen LogP contribution in [0.4, 0.5) is 4.39 Å². The van der Waals surface area contributed by atoms with Crippen LogP contribution in [0, 0.1) is 11.8 Å². The summed E-state index contributed by atoms with van der Waals surface area (Å²) in [6.45, 7) is 6.53. The van der Waals surface area contributed by atoms with Crippen LogP contribution in [0.15, 0.2) is 48.5 Å². The molecule has 2 aromatic carbocycles. The summed E-state index contributed by atoms with van der Waals surface area (Å²) >= 11 is 0. The van der Waals surface area contributed by atoms with E-state index in [0.29, 0.717) is 5.56 Å². The van der Waals surface area contributed by atoms with E-state index in [1.165, 1.54) is 5.19 Å². The van der Waals surface area contributed by atoms with Gasteiger partial charge in [-0.2, -0.15) is 0 Å². The Morgan fingerprint density at radius 1 is 0.900 bits per heavy atom. The molecule has 0 saturated heterocycles. The summed E-state index contributed by atoms with van der Waals surface area (Å²) in [6, 6.07) is 15.8. The topological polar surface area (TPSA) is 0 Å². The van der Waals surface area contributed by atoms with Crippen LogP contribution in [-0.4, -0.2) is 8.07 Å². The molecule has 0 bridgehead atoms. The van der Waals surface area contributed by atoms with Crippen molar-refractivity contribution in [3.63, 3.8) is 0 Å². The van der Waals surface area contributed by atoms with Gasteiger partial charge in [0.2, 0.25) is 0 Å². The first kappa shape index (κ1) is 14.6. The maximum atomic E-state index is 12.6. The zero-order chi connectivity index (χ0) is 14.6. The van der Waals surface area contributed by atoms with E-state index in [-0.39, 0.29) is 0 Å². The highest BCUT2D eigenvalue weighted by molar-refractivity contribution is 6.88. The monoisotopic (exact) mass is 282 g/mol. The van der Waals surface area contributed by atoms with Gasteiger partial charge >= 0.3 is 0 Å². The molecule has 0 fully saturated rings. The lowest BCUT2D eigenvalue weighted by Crippen LogP contribution is -2.37. The van der Waals surface area contributed by atoms with Crippen molar-refractivity contribution in [1.82, 2.24) is 0 Å². The summed E-state index contributed by atoms with van der Waals surface area (Å²) in [6.07, 6.45) is 0. The second-order valence-electron chi connectivity index (χ2n) is 5.91. The van der Waals surface area contributed by atoms with E-state index in [4.69, 9.17) is 0 Å². The van der Waals surface area contributed by atoms with Crippen LogP contribution in [0.5, 0.6) is 0 Å². The van der Waals surface area contributed by atoms with Crippen LogP contribution in [0.3, 0.4) is 0 Å². The largest absolute Gasteiger partial charge is 0.246 e. The maximum absolute atomic E-state index is 12.6. The lowest BCUT2D eigenvalue weighted by molar-refractivity contribution is 0.485. The highest BCUT2D eigenvalue weighted by Gasteiger charge is 2.15. The van der Waals surface area contributed by atoms with E-state index in [2.05, 4.69) is 49.7 Å². The minimum atomic E-state index is -1.31. The molecule has 20 heavy (non-hydrogen) atoms.